The molecule has 1 aromatic heterocycles. The fourth-order valence-electron chi connectivity index (χ4n) is 3.51. The second-order valence-electron chi connectivity index (χ2n) is 7.68. The lowest BCUT2D eigenvalue weighted by atomic mass is 10.0. The molecule has 0 bridgehead atoms. The van der Waals surface area contributed by atoms with Crippen LogP contribution in [0.2, 0.25) is 0 Å². The molecule has 0 fully saturated rings. The van der Waals surface area contributed by atoms with E-state index in [9.17, 15) is 14.0 Å². The summed E-state index contributed by atoms with van der Waals surface area (Å²) in [5.74, 6) is -0.662. The second kappa shape index (κ2) is 11.7. The van der Waals surface area contributed by atoms with Gasteiger partial charge in [0.1, 0.15) is 11.9 Å². The van der Waals surface area contributed by atoms with Crippen LogP contribution in [0.4, 0.5) is 4.39 Å². The number of hydrogen-bond donors (Lipinski definition) is 1. The van der Waals surface area contributed by atoms with Gasteiger partial charge in [-0.2, -0.15) is 0 Å². The first-order chi connectivity index (χ1) is 15.6. The molecule has 1 heterocycles. The van der Waals surface area contributed by atoms with Crippen LogP contribution in [0.15, 0.2) is 79.1 Å². The molecule has 0 radical (unpaired) electrons. The van der Waals surface area contributed by atoms with Crippen molar-refractivity contribution in [2.75, 3.05) is 0 Å². The zero-order valence-electron chi connectivity index (χ0n) is 18.2. The van der Waals surface area contributed by atoms with Gasteiger partial charge >= 0.3 is 0 Å². The van der Waals surface area contributed by atoms with E-state index in [-0.39, 0.29) is 24.2 Å². The number of benzene rings is 2. The van der Waals surface area contributed by atoms with E-state index in [0.717, 1.165) is 16.7 Å². The minimum absolute atomic E-state index is 0.100. The Balaban J connectivity index is 1.87. The Bertz CT molecular complexity index is 995. The summed E-state index contributed by atoms with van der Waals surface area (Å²) < 4.78 is 13.4. The van der Waals surface area contributed by atoms with Crippen molar-refractivity contribution in [2.24, 2.45) is 0 Å². The third kappa shape index (κ3) is 6.74. The van der Waals surface area contributed by atoms with Crippen LogP contribution in [0.3, 0.4) is 0 Å². The van der Waals surface area contributed by atoms with Crippen molar-refractivity contribution in [1.82, 2.24) is 15.2 Å². The fraction of sp³-hybridized carbons (Fsp3) is 0.269. The fourth-order valence-corrected chi connectivity index (χ4v) is 3.51. The number of rotatable bonds is 10. The maximum atomic E-state index is 13.4. The van der Waals surface area contributed by atoms with Gasteiger partial charge in [0, 0.05) is 38.3 Å². The lowest BCUT2D eigenvalue weighted by molar-refractivity contribution is -0.141. The van der Waals surface area contributed by atoms with Gasteiger partial charge in [-0.1, -0.05) is 49.4 Å². The summed E-state index contributed by atoms with van der Waals surface area (Å²) in [6, 6.07) is 18.7. The first kappa shape index (κ1) is 23.1. The minimum atomic E-state index is -0.691. The molecule has 0 saturated carbocycles. The molecule has 1 N–H and O–H groups in total. The van der Waals surface area contributed by atoms with Gasteiger partial charge < -0.3 is 10.2 Å². The van der Waals surface area contributed by atoms with Crippen LogP contribution in [-0.2, 0) is 29.1 Å². The highest BCUT2D eigenvalue weighted by atomic mass is 19.1. The van der Waals surface area contributed by atoms with Gasteiger partial charge in [0.2, 0.25) is 11.8 Å². The topological polar surface area (TPSA) is 62.3 Å². The average Bonchev–Trinajstić information content (AvgIpc) is 2.82. The van der Waals surface area contributed by atoms with Crippen molar-refractivity contribution >= 4 is 11.8 Å². The molecule has 0 unspecified atom stereocenters. The van der Waals surface area contributed by atoms with Gasteiger partial charge in [-0.25, -0.2) is 4.39 Å². The lowest BCUT2D eigenvalue weighted by Crippen LogP contribution is -2.50. The maximum Gasteiger partial charge on any atom is 0.243 e. The smallest absolute Gasteiger partial charge is 0.243 e. The normalized spacial score (nSPS) is 11.6. The number of carbonyl (C=O) groups is 2. The Morgan fingerprint density at radius 2 is 1.62 bits per heavy atom. The Hall–Kier alpha value is -3.54. The summed E-state index contributed by atoms with van der Waals surface area (Å²) in [5.41, 5.74) is 2.66. The summed E-state index contributed by atoms with van der Waals surface area (Å²) >= 11 is 0. The number of nitrogens with one attached hydrogen (secondary N) is 1. The molecule has 32 heavy (non-hydrogen) atoms. The molecular formula is C26H28FN3O2. The summed E-state index contributed by atoms with van der Waals surface area (Å²) in [4.78, 5) is 32.0. The first-order valence-corrected chi connectivity index (χ1v) is 10.8. The van der Waals surface area contributed by atoms with Crippen LogP contribution in [0.25, 0.3) is 0 Å². The lowest BCUT2D eigenvalue weighted by Gasteiger charge is -2.31. The highest BCUT2D eigenvalue weighted by Gasteiger charge is 2.29. The highest BCUT2D eigenvalue weighted by molar-refractivity contribution is 5.88. The van der Waals surface area contributed by atoms with Crippen LogP contribution in [0.5, 0.6) is 0 Å². The van der Waals surface area contributed by atoms with Gasteiger partial charge in [0.05, 0.1) is 0 Å². The molecule has 3 aromatic rings. The largest absolute Gasteiger partial charge is 0.350 e. The molecular weight excluding hydrogens is 405 g/mol. The van der Waals surface area contributed by atoms with Crippen molar-refractivity contribution in [2.45, 2.75) is 45.3 Å². The van der Waals surface area contributed by atoms with E-state index in [4.69, 9.17) is 0 Å². The number of aromatic nitrogens is 1. The van der Waals surface area contributed by atoms with Crippen molar-refractivity contribution in [1.29, 1.82) is 0 Å². The number of halogens is 1. The number of pyridine rings is 1. The molecule has 3 rings (SSSR count). The quantitative estimate of drug-likeness (QED) is 0.519. The van der Waals surface area contributed by atoms with Crippen LogP contribution in [0, 0.1) is 5.82 Å². The molecule has 166 valence electrons. The SMILES string of the molecule is CCCC(=O)N(Cc1ccc(F)cc1)[C@@H](Cc1ccccc1)C(=O)NCc1ccncc1. The van der Waals surface area contributed by atoms with Gasteiger partial charge in [-0.3, -0.25) is 14.6 Å². The Morgan fingerprint density at radius 3 is 2.28 bits per heavy atom. The van der Waals surface area contributed by atoms with Crippen LogP contribution in [0.1, 0.15) is 36.5 Å². The molecule has 2 aromatic carbocycles. The number of amides is 2. The molecule has 0 aliphatic heterocycles. The molecule has 2 amide bonds. The third-order valence-electron chi connectivity index (χ3n) is 5.22. The predicted molar refractivity (Wildman–Crippen MR) is 122 cm³/mol. The van der Waals surface area contributed by atoms with Crippen molar-refractivity contribution in [3.8, 4) is 0 Å². The summed E-state index contributed by atoms with van der Waals surface area (Å²) in [6.07, 6.45) is 4.75. The average molecular weight is 434 g/mol. The van der Waals surface area contributed by atoms with E-state index in [0.29, 0.717) is 25.8 Å². The zero-order valence-corrected chi connectivity index (χ0v) is 18.2. The summed E-state index contributed by atoms with van der Waals surface area (Å²) in [7, 11) is 0. The molecule has 0 aliphatic rings. The standard InChI is InChI=1S/C26H28FN3O2/c1-2-6-25(31)30(19-22-9-11-23(27)12-10-22)24(17-20-7-4-3-5-8-20)26(32)29-18-21-13-15-28-16-14-21/h3-5,7-16,24H,2,6,17-19H2,1H3,(H,29,32)/t24-/m0/s1. The highest BCUT2D eigenvalue weighted by Crippen LogP contribution is 2.17. The van der Waals surface area contributed by atoms with Gasteiger partial charge in [-0.15, -0.1) is 0 Å². The second-order valence-corrected chi connectivity index (χ2v) is 7.68. The third-order valence-corrected chi connectivity index (χ3v) is 5.22. The number of nitrogens with zero attached hydrogens (tertiary/aromatic N) is 2. The van der Waals surface area contributed by atoms with Crippen LogP contribution >= 0.6 is 0 Å². The van der Waals surface area contributed by atoms with Crippen LogP contribution in [-0.4, -0.2) is 27.7 Å². The number of carbonyl (C=O) groups excluding carboxylic acids is 2. The molecule has 1 atom stereocenters. The predicted octanol–water partition coefficient (Wildman–Crippen LogP) is 4.28. The number of hydrogen-bond acceptors (Lipinski definition) is 3. The van der Waals surface area contributed by atoms with E-state index in [2.05, 4.69) is 10.3 Å². The molecule has 0 spiro atoms. The maximum absolute atomic E-state index is 13.4. The van der Waals surface area contributed by atoms with Crippen molar-refractivity contribution in [3.05, 3.63) is 102 Å². The first-order valence-electron chi connectivity index (χ1n) is 10.8. The Kier molecular flexibility index (Phi) is 8.49. The molecule has 0 aliphatic carbocycles. The van der Waals surface area contributed by atoms with Gasteiger partial charge in [-0.05, 0) is 47.4 Å². The monoisotopic (exact) mass is 433 g/mol. The van der Waals surface area contributed by atoms with E-state index in [1.807, 2.05) is 49.4 Å². The summed E-state index contributed by atoms with van der Waals surface area (Å²) in [5, 5.41) is 2.97. The van der Waals surface area contributed by atoms with Crippen molar-refractivity contribution < 1.29 is 14.0 Å². The summed E-state index contributed by atoms with van der Waals surface area (Å²) in [6.45, 7) is 2.52. The molecule has 0 saturated heterocycles. The van der Waals surface area contributed by atoms with Gasteiger partial charge in [0.15, 0.2) is 0 Å². The van der Waals surface area contributed by atoms with E-state index in [1.165, 1.54) is 12.1 Å². The van der Waals surface area contributed by atoms with Gasteiger partial charge in [0.25, 0.3) is 0 Å². The zero-order chi connectivity index (χ0) is 22.8. The van der Waals surface area contributed by atoms with E-state index in [1.54, 1.807) is 29.4 Å². The minimum Gasteiger partial charge on any atom is -0.350 e. The van der Waals surface area contributed by atoms with E-state index < -0.39 is 6.04 Å². The van der Waals surface area contributed by atoms with Crippen LogP contribution < -0.4 is 5.32 Å². The molecule has 5 nitrogen and oxygen atoms in total. The Labute approximate surface area is 188 Å². The van der Waals surface area contributed by atoms with Crippen molar-refractivity contribution in [3.63, 3.8) is 0 Å². The Morgan fingerprint density at radius 1 is 0.938 bits per heavy atom. The molecule has 6 heteroatoms. The van der Waals surface area contributed by atoms with E-state index >= 15 is 0 Å².